The molecule has 5 rings (SSSR count). The number of nitrogens with one attached hydrogen (secondary N) is 2. The first-order chi connectivity index (χ1) is 13.6. The lowest BCUT2D eigenvalue weighted by molar-refractivity contribution is 1.10. The van der Waals surface area contributed by atoms with Crippen molar-refractivity contribution in [1.82, 2.24) is 14.4 Å². The molecule has 0 saturated heterocycles. The number of aryl methyl sites for hydroxylation is 3. The van der Waals surface area contributed by atoms with Crippen molar-refractivity contribution in [3.8, 4) is 11.3 Å². The Morgan fingerprint density at radius 1 is 0.893 bits per heavy atom. The molecule has 0 bridgehead atoms. The number of hydrogen-bond donors (Lipinski definition) is 2. The molecular weight excluding hydrogens is 344 g/mol. The summed E-state index contributed by atoms with van der Waals surface area (Å²) in [5.41, 5.74) is 8.79. The third kappa shape index (κ3) is 2.65. The van der Waals surface area contributed by atoms with Crippen molar-refractivity contribution in [2.75, 3.05) is 5.32 Å². The number of aromatic nitrogens is 3. The van der Waals surface area contributed by atoms with E-state index in [9.17, 15) is 0 Å². The predicted molar refractivity (Wildman–Crippen MR) is 116 cm³/mol. The van der Waals surface area contributed by atoms with E-state index in [1.54, 1.807) is 0 Å². The molecule has 4 heteroatoms. The van der Waals surface area contributed by atoms with Gasteiger partial charge < -0.3 is 10.3 Å². The van der Waals surface area contributed by atoms with E-state index in [0.29, 0.717) is 0 Å². The van der Waals surface area contributed by atoms with E-state index >= 15 is 0 Å². The lowest BCUT2D eigenvalue weighted by atomic mass is 10.1. The Labute approximate surface area is 163 Å². The van der Waals surface area contributed by atoms with Crippen LogP contribution in [-0.2, 0) is 0 Å². The van der Waals surface area contributed by atoms with Crippen molar-refractivity contribution in [2.45, 2.75) is 20.8 Å². The van der Waals surface area contributed by atoms with Gasteiger partial charge in [-0.3, -0.25) is 4.40 Å². The highest BCUT2D eigenvalue weighted by atomic mass is 15.1. The van der Waals surface area contributed by atoms with Crippen LogP contribution in [0.3, 0.4) is 0 Å². The Morgan fingerprint density at radius 2 is 1.68 bits per heavy atom. The lowest BCUT2D eigenvalue weighted by Gasteiger charge is -2.12. The van der Waals surface area contributed by atoms with Crippen molar-refractivity contribution < 1.29 is 0 Å². The van der Waals surface area contributed by atoms with Crippen molar-refractivity contribution in [3.05, 3.63) is 83.7 Å². The minimum atomic E-state index is 0.937. The maximum atomic E-state index is 4.99. The monoisotopic (exact) mass is 366 g/mol. The SMILES string of the molecule is Cc1cc(C)cc(Nc2c(-c3c[nH]c4ccccc34)nc3cccc(C)n23)c1. The average Bonchev–Trinajstić information content (AvgIpc) is 3.23. The first-order valence-electron chi connectivity index (χ1n) is 9.50. The van der Waals surface area contributed by atoms with Crippen molar-refractivity contribution in [3.63, 3.8) is 0 Å². The molecule has 3 aromatic heterocycles. The third-order valence-corrected chi connectivity index (χ3v) is 5.17. The summed E-state index contributed by atoms with van der Waals surface area (Å²) in [6.07, 6.45) is 2.05. The van der Waals surface area contributed by atoms with E-state index in [1.165, 1.54) is 16.5 Å². The summed E-state index contributed by atoms with van der Waals surface area (Å²) in [5.74, 6) is 0.989. The van der Waals surface area contributed by atoms with E-state index in [1.807, 2.05) is 6.07 Å². The molecule has 138 valence electrons. The highest BCUT2D eigenvalue weighted by molar-refractivity contribution is 5.98. The average molecular weight is 366 g/mol. The molecule has 0 atom stereocenters. The summed E-state index contributed by atoms with van der Waals surface area (Å²) in [6, 6.07) is 21.1. The summed E-state index contributed by atoms with van der Waals surface area (Å²) < 4.78 is 2.19. The summed E-state index contributed by atoms with van der Waals surface area (Å²) in [7, 11) is 0. The van der Waals surface area contributed by atoms with Crippen molar-refractivity contribution in [2.24, 2.45) is 0 Å². The molecule has 4 nitrogen and oxygen atoms in total. The number of aromatic amines is 1. The van der Waals surface area contributed by atoms with E-state index in [-0.39, 0.29) is 0 Å². The number of nitrogens with zero attached hydrogens (tertiary/aromatic N) is 2. The van der Waals surface area contributed by atoms with E-state index < -0.39 is 0 Å². The molecule has 2 aromatic carbocycles. The van der Waals surface area contributed by atoms with Gasteiger partial charge in [-0.15, -0.1) is 0 Å². The lowest BCUT2D eigenvalue weighted by Crippen LogP contribution is -2.00. The number of fused-ring (bicyclic) bond motifs is 2. The number of para-hydroxylation sites is 1. The van der Waals surface area contributed by atoms with Crippen LogP contribution in [0.5, 0.6) is 0 Å². The predicted octanol–water partition coefficient (Wildman–Crippen LogP) is 6.15. The fourth-order valence-electron chi connectivity index (χ4n) is 4.01. The maximum Gasteiger partial charge on any atom is 0.143 e. The number of anilines is 2. The molecule has 0 radical (unpaired) electrons. The molecule has 0 fully saturated rings. The second kappa shape index (κ2) is 6.27. The normalized spacial score (nSPS) is 11.4. The molecular formula is C24H22N4. The topological polar surface area (TPSA) is 45.1 Å². The van der Waals surface area contributed by atoms with Crippen LogP contribution in [-0.4, -0.2) is 14.4 Å². The number of benzene rings is 2. The van der Waals surface area contributed by atoms with Gasteiger partial charge in [0.25, 0.3) is 0 Å². The van der Waals surface area contributed by atoms with Gasteiger partial charge in [0, 0.05) is 34.0 Å². The molecule has 0 unspecified atom stereocenters. The zero-order chi connectivity index (χ0) is 19.3. The second-order valence-electron chi connectivity index (χ2n) is 7.42. The fourth-order valence-corrected chi connectivity index (χ4v) is 4.01. The standard InChI is InChI=1S/C24H22N4/c1-15-11-16(2)13-18(12-15)26-24-23(27-22-10-6-7-17(3)28(22)24)20-14-25-21-9-5-4-8-19(20)21/h4-14,25-26H,1-3H3. The molecule has 0 aliphatic carbocycles. The molecule has 0 aliphatic heterocycles. The number of H-pyrrole nitrogens is 1. The summed E-state index contributed by atoms with van der Waals surface area (Å²) in [4.78, 5) is 8.37. The first kappa shape index (κ1) is 16.6. The van der Waals surface area contributed by atoms with Crippen LogP contribution in [0.15, 0.2) is 66.9 Å². The van der Waals surface area contributed by atoms with Crippen LogP contribution in [0, 0.1) is 20.8 Å². The number of rotatable bonds is 3. The molecule has 0 spiro atoms. The quantitative estimate of drug-likeness (QED) is 0.402. The zero-order valence-corrected chi connectivity index (χ0v) is 16.2. The van der Waals surface area contributed by atoms with Gasteiger partial charge in [0.2, 0.25) is 0 Å². The smallest absolute Gasteiger partial charge is 0.143 e. The van der Waals surface area contributed by atoms with E-state index in [4.69, 9.17) is 4.98 Å². The van der Waals surface area contributed by atoms with Gasteiger partial charge in [-0.2, -0.15) is 0 Å². The number of hydrogen-bond acceptors (Lipinski definition) is 2. The van der Waals surface area contributed by atoms with Gasteiger partial charge in [0.15, 0.2) is 0 Å². The molecule has 2 N–H and O–H groups in total. The van der Waals surface area contributed by atoms with Crippen molar-refractivity contribution in [1.29, 1.82) is 0 Å². The summed E-state index contributed by atoms with van der Waals surface area (Å²) in [5, 5.41) is 4.83. The number of pyridine rings is 1. The van der Waals surface area contributed by atoms with Crippen LogP contribution in [0.1, 0.15) is 16.8 Å². The largest absolute Gasteiger partial charge is 0.360 e. The van der Waals surface area contributed by atoms with Gasteiger partial charge >= 0.3 is 0 Å². The van der Waals surface area contributed by atoms with Crippen LogP contribution >= 0.6 is 0 Å². The van der Waals surface area contributed by atoms with Gasteiger partial charge in [-0.25, -0.2) is 4.98 Å². The number of imidazole rings is 1. The Morgan fingerprint density at radius 3 is 2.50 bits per heavy atom. The van der Waals surface area contributed by atoms with Gasteiger partial charge in [-0.1, -0.05) is 30.3 Å². The molecule has 0 aliphatic rings. The van der Waals surface area contributed by atoms with Gasteiger partial charge in [-0.05, 0) is 62.2 Å². The Hall–Kier alpha value is -3.53. The van der Waals surface area contributed by atoms with Crippen LogP contribution in [0.25, 0.3) is 27.8 Å². The second-order valence-corrected chi connectivity index (χ2v) is 7.42. The summed E-state index contributed by atoms with van der Waals surface area (Å²) >= 11 is 0. The summed E-state index contributed by atoms with van der Waals surface area (Å²) in [6.45, 7) is 6.36. The fraction of sp³-hybridized carbons (Fsp3) is 0.125. The maximum absolute atomic E-state index is 4.99. The third-order valence-electron chi connectivity index (χ3n) is 5.17. The van der Waals surface area contributed by atoms with Gasteiger partial charge in [0.1, 0.15) is 17.2 Å². The van der Waals surface area contributed by atoms with Crippen LogP contribution in [0.4, 0.5) is 11.5 Å². The highest BCUT2D eigenvalue weighted by Crippen LogP contribution is 2.36. The Balaban J connectivity index is 1.77. The minimum Gasteiger partial charge on any atom is -0.360 e. The molecule has 0 amide bonds. The van der Waals surface area contributed by atoms with Crippen LogP contribution < -0.4 is 5.32 Å². The van der Waals surface area contributed by atoms with E-state index in [2.05, 4.69) is 96.3 Å². The van der Waals surface area contributed by atoms with Gasteiger partial charge in [0.05, 0.1) is 0 Å². The molecule has 3 heterocycles. The highest BCUT2D eigenvalue weighted by Gasteiger charge is 2.18. The Bertz CT molecular complexity index is 1300. The zero-order valence-electron chi connectivity index (χ0n) is 16.2. The molecule has 28 heavy (non-hydrogen) atoms. The minimum absolute atomic E-state index is 0.937. The Kier molecular flexibility index (Phi) is 3.72. The van der Waals surface area contributed by atoms with E-state index in [0.717, 1.165) is 39.6 Å². The molecule has 5 aromatic rings. The first-order valence-corrected chi connectivity index (χ1v) is 9.50. The van der Waals surface area contributed by atoms with Crippen LogP contribution in [0.2, 0.25) is 0 Å². The molecule has 0 saturated carbocycles. The van der Waals surface area contributed by atoms with Crippen molar-refractivity contribution >= 4 is 28.1 Å².